The Morgan fingerprint density at radius 3 is 2.59 bits per heavy atom. The van der Waals surface area contributed by atoms with E-state index in [9.17, 15) is 4.79 Å². The van der Waals surface area contributed by atoms with E-state index in [1.54, 1.807) is 11.3 Å². The Bertz CT molecular complexity index is 1310. The minimum absolute atomic E-state index is 0.0261. The van der Waals surface area contributed by atoms with Crippen LogP contribution in [0.15, 0.2) is 35.8 Å². The topological polar surface area (TPSA) is 124 Å². The molecule has 0 bridgehead atoms. The minimum Gasteiger partial charge on any atom is -0.395 e. The standard InChI is InChI=1S/C28H36Cl2N8O2S/c1-2-20-17-37(26-24(30)34-22(25(31)35-26)27(40)32-9-15-39)13-14-38(20)21-7-11-36(12-8-21)23(28-33-10-16-41-28)18-3-5-19(29)6-4-18/h3-6,10,16,20-21,23,39H,2,7-9,11-15,17H2,1H3,(H2,31,35)(H,32,40)/t20-,23?/m0/s1. The molecule has 2 aromatic heterocycles. The zero-order valence-electron chi connectivity index (χ0n) is 23.0. The molecule has 10 nitrogen and oxygen atoms in total. The number of likely N-dealkylation sites (tertiary alicyclic amines) is 1. The van der Waals surface area contributed by atoms with Crippen molar-refractivity contribution in [3.05, 3.63) is 62.3 Å². The molecule has 1 amide bonds. The summed E-state index contributed by atoms with van der Waals surface area (Å²) in [6.45, 7) is 6.49. The lowest BCUT2D eigenvalue weighted by Crippen LogP contribution is -2.58. The maximum Gasteiger partial charge on any atom is 0.273 e. The Balaban J connectivity index is 1.24. The Labute approximate surface area is 254 Å². The van der Waals surface area contributed by atoms with Gasteiger partial charge in [-0.1, -0.05) is 42.3 Å². The van der Waals surface area contributed by atoms with Crippen molar-refractivity contribution in [2.24, 2.45) is 0 Å². The highest BCUT2D eigenvalue weighted by Crippen LogP contribution is 2.35. The molecular weight excluding hydrogens is 583 g/mol. The summed E-state index contributed by atoms with van der Waals surface area (Å²) in [6.07, 6.45) is 5.03. The van der Waals surface area contributed by atoms with Gasteiger partial charge in [0, 0.05) is 68.0 Å². The van der Waals surface area contributed by atoms with Crippen LogP contribution in [-0.4, -0.2) is 93.7 Å². The summed E-state index contributed by atoms with van der Waals surface area (Å²) >= 11 is 14.4. The first-order valence-corrected chi connectivity index (χ1v) is 15.6. The molecule has 5 rings (SSSR count). The average molecular weight is 620 g/mol. The fraction of sp³-hybridized carbons (Fsp3) is 0.500. The number of thiazole rings is 1. The summed E-state index contributed by atoms with van der Waals surface area (Å²) in [5.74, 6) is 0.0245. The van der Waals surface area contributed by atoms with Gasteiger partial charge < -0.3 is 21.1 Å². The number of nitrogens with two attached hydrogens (primary N) is 1. The quantitative estimate of drug-likeness (QED) is 0.329. The van der Waals surface area contributed by atoms with Crippen LogP contribution in [0.4, 0.5) is 11.6 Å². The third-order valence-corrected chi connectivity index (χ3v) is 9.31. The predicted octanol–water partition coefficient (Wildman–Crippen LogP) is 3.70. The smallest absolute Gasteiger partial charge is 0.273 e. The van der Waals surface area contributed by atoms with Crippen LogP contribution in [0.1, 0.15) is 53.3 Å². The summed E-state index contributed by atoms with van der Waals surface area (Å²) in [5, 5.41) is 15.6. The molecule has 1 unspecified atom stereocenters. The second-order valence-electron chi connectivity index (χ2n) is 10.4. The van der Waals surface area contributed by atoms with Crippen molar-refractivity contribution in [1.29, 1.82) is 0 Å². The van der Waals surface area contributed by atoms with Crippen LogP contribution in [0, 0.1) is 0 Å². The molecule has 2 atom stereocenters. The van der Waals surface area contributed by atoms with Crippen LogP contribution < -0.4 is 16.0 Å². The van der Waals surface area contributed by atoms with Crippen LogP contribution >= 0.6 is 34.5 Å². The first-order chi connectivity index (χ1) is 19.9. The molecule has 4 heterocycles. The Hall–Kier alpha value is -2.54. The first kappa shape index (κ1) is 29.9. The summed E-state index contributed by atoms with van der Waals surface area (Å²) < 4.78 is 0. The van der Waals surface area contributed by atoms with Gasteiger partial charge in [-0.15, -0.1) is 11.3 Å². The van der Waals surface area contributed by atoms with E-state index >= 15 is 0 Å². The number of benzene rings is 1. The van der Waals surface area contributed by atoms with Gasteiger partial charge in [-0.05, 0) is 37.0 Å². The van der Waals surface area contributed by atoms with Crippen LogP contribution in [0.2, 0.25) is 10.2 Å². The van der Waals surface area contributed by atoms with Crippen LogP contribution in [0.25, 0.3) is 0 Å². The van der Waals surface area contributed by atoms with Crippen molar-refractivity contribution < 1.29 is 9.90 Å². The van der Waals surface area contributed by atoms with Gasteiger partial charge in [-0.25, -0.2) is 15.0 Å². The third kappa shape index (κ3) is 6.76. The largest absolute Gasteiger partial charge is 0.395 e. The molecule has 0 saturated carbocycles. The molecule has 2 fully saturated rings. The number of carbonyl (C=O) groups excluding carboxylic acids is 1. The van der Waals surface area contributed by atoms with E-state index in [1.165, 1.54) is 5.56 Å². The van der Waals surface area contributed by atoms with Gasteiger partial charge >= 0.3 is 0 Å². The van der Waals surface area contributed by atoms with E-state index < -0.39 is 5.91 Å². The summed E-state index contributed by atoms with van der Waals surface area (Å²) in [7, 11) is 0. The molecule has 0 aliphatic carbocycles. The number of amides is 1. The SMILES string of the molecule is CC[C@H]1CN(c2nc(N)c(C(=O)NCCO)nc2Cl)CCN1C1CCN(C(c2ccc(Cl)cc2)c2nccs2)CC1. The third-order valence-electron chi connectivity index (χ3n) is 7.98. The summed E-state index contributed by atoms with van der Waals surface area (Å²) in [4.78, 5) is 33.0. The van der Waals surface area contributed by atoms with Gasteiger partial charge in [-0.2, -0.15) is 0 Å². The number of piperidine rings is 1. The second-order valence-corrected chi connectivity index (χ2v) is 12.1. The fourth-order valence-corrected chi connectivity index (χ4v) is 7.12. The van der Waals surface area contributed by atoms with Crippen molar-refractivity contribution in [2.75, 3.05) is 56.5 Å². The van der Waals surface area contributed by atoms with E-state index in [0.29, 0.717) is 17.9 Å². The molecule has 13 heteroatoms. The van der Waals surface area contributed by atoms with Gasteiger partial charge in [0.25, 0.3) is 5.91 Å². The first-order valence-electron chi connectivity index (χ1n) is 14.0. The van der Waals surface area contributed by atoms with Gasteiger partial charge in [0.05, 0.1) is 12.6 Å². The molecule has 0 spiro atoms. The molecule has 41 heavy (non-hydrogen) atoms. The van der Waals surface area contributed by atoms with E-state index in [4.69, 9.17) is 34.0 Å². The number of piperazine rings is 1. The Morgan fingerprint density at radius 2 is 1.93 bits per heavy atom. The molecule has 4 N–H and O–H groups in total. The van der Waals surface area contributed by atoms with Gasteiger partial charge in [0.1, 0.15) is 5.01 Å². The monoisotopic (exact) mass is 618 g/mol. The number of hydrogen-bond acceptors (Lipinski definition) is 10. The lowest BCUT2D eigenvalue weighted by atomic mass is 9.95. The normalized spacial score (nSPS) is 19.8. The van der Waals surface area contributed by atoms with E-state index in [2.05, 4.69) is 54.0 Å². The number of halogens is 2. The van der Waals surface area contributed by atoms with E-state index in [0.717, 1.165) is 62.0 Å². The fourth-order valence-electron chi connectivity index (χ4n) is 5.95. The zero-order chi connectivity index (χ0) is 28.9. The van der Waals surface area contributed by atoms with Crippen molar-refractivity contribution in [3.8, 4) is 0 Å². The van der Waals surface area contributed by atoms with Gasteiger partial charge in [-0.3, -0.25) is 14.6 Å². The zero-order valence-corrected chi connectivity index (χ0v) is 25.4. The number of aliphatic hydroxyl groups excluding tert-OH is 1. The summed E-state index contributed by atoms with van der Waals surface area (Å²) in [5.41, 5.74) is 7.29. The van der Waals surface area contributed by atoms with Crippen LogP contribution in [0.3, 0.4) is 0 Å². The lowest BCUT2D eigenvalue weighted by molar-refractivity contribution is 0.0543. The second kappa shape index (κ2) is 13.6. The molecule has 1 aromatic carbocycles. The van der Waals surface area contributed by atoms with Crippen molar-refractivity contribution in [2.45, 2.75) is 44.3 Å². The number of nitrogens with one attached hydrogen (secondary N) is 1. The molecule has 3 aromatic rings. The predicted molar refractivity (Wildman–Crippen MR) is 164 cm³/mol. The van der Waals surface area contributed by atoms with Crippen molar-refractivity contribution in [3.63, 3.8) is 0 Å². The Morgan fingerprint density at radius 1 is 1.17 bits per heavy atom. The lowest BCUT2D eigenvalue weighted by Gasteiger charge is -2.48. The minimum atomic E-state index is -0.506. The highest BCUT2D eigenvalue weighted by Gasteiger charge is 2.36. The molecule has 2 aliphatic rings. The van der Waals surface area contributed by atoms with Crippen LogP contribution in [0.5, 0.6) is 0 Å². The number of carbonyl (C=O) groups is 1. The number of hydrogen-bond donors (Lipinski definition) is 3. The van der Waals surface area contributed by atoms with E-state index in [-0.39, 0.29) is 35.9 Å². The maximum atomic E-state index is 12.3. The van der Waals surface area contributed by atoms with Gasteiger partial charge in [0.15, 0.2) is 22.5 Å². The molecular formula is C28H36Cl2N8O2S. The van der Waals surface area contributed by atoms with Crippen molar-refractivity contribution >= 4 is 52.1 Å². The average Bonchev–Trinajstić information content (AvgIpc) is 3.52. The number of aliphatic hydroxyl groups is 1. The highest BCUT2D eigenvalue weighted by atomic mass is 35.5. The Kier molecular flexibility index (Phi) is 9.95. The van der Waals surface area contributed by atoms with Crippen molar-refractivity contribution in [1.82, 2.24) is 30.1 Å². The number of anilines is 2. The van der Waals surface area contributed by atoms with E-state index in [1.807, 2.05) is 23.7 Å². The maximum absolute atomic E-state index is 12.3. The number of nitrogens with zero attached hydrogens (tertiary/aromatic N) is 6. The number of nitrogen functional groups attached to an aromatic ring is 1. The molecule has 2 saturated heterocycles. The molecule has 0 radical (unpaired) electrons. The molecule has 2 aliphatic heterocycles. The highest BCUT2D eigenvalue weighted by molar-refractivity contribution is 7.09. The number of rotatable bonds is 9. The molecule has 220 valence electrons. The number of aromatic nitrogens is 3. The van der Waals surface area contributed by atoms with Gasteiger partial charge in [0.2, 0.25) is 0 Å². The van der Waals surface area contributed by atoms with Crippen LogP contribution in [-0.2, 0) is 0 Å². The summed E-state index contributed by atoms with van der Waals surface area (Å²) in [6, 6.07) is 9.09.